The van der Waals surface area contributed by atoms with Crippen molar-refractivity contribution >= 4 is 11.9 Å². The summed E-state index contributed by atoms with van der Waals surface area (Å²) in [5.74, 6) is -0.588. The summed E-state index contributed by atoms with van der Waals surface area (Å²) < 4.78 is 4.73. The monoisotopic (exact) mass is 226 g/mol. The van der Waals surface area contributed by atoms with Gasteiger partial charge in [0.05, 0.1) is 12.7 Å². The van der Waals surface area contributed by atoms with Crippen LogP contribution in [0.4, 0.5) is 0 Å². The van der Waals surface area contributed by atoms with Gasteiger partial charge in [-0.15, -0.1) is 0 Å². The van der Waals surface area contributed by atoms with Crippen LogP contribution in [0, 0.1) is 16.7 Å². The Hall–Kier alpha value is -1.57. The average molecular weight is 226 g/mol. The van der Waals surface area contributed by atoms with Gasteiger partial charge in [-0.05, 0) is 27.2 Å². The summed E-state index contributed by atoms with van der Waals surface area (Å²) in [5, 5.41) is 11.3. The van der Waals surface area contributed by atoms with Crippen LogP contribution in [0.5, 0.6) is 0 Å². The van der Waals surface area contributed by atoms with Crippen molar-refractivity contribution in [3.8, 4) is 6.07 Å². The molecule has 0 radical (unpaired) electrons. The fourth-order valence-electron chi connectivity index (χ4n) is 0.940. The zero-order valence-corrected chi connectivity index (χ0v) is 10.0. The van der Waals surface area contributed by atoms with Crippen molar-refractivity contribution in [3.05, 3.63) is 0 Å². The molecule has 0 aliphatic carbocycles. The van der Waals surface area contributed by atoms with Crippen LogP contribution in [-0.2, 0) is 14.3 Å². The van der Waals surface area contributed by atoms with Crippen molar-refractivity contribution in [2.24, 2.45) is 5.41 Å². The number of rotatable bonds is 6. The van der Waals surface area contributed by atoms with Crippen LogP contribution in [0.1, 0.15) is 33.6 Å². The molecule has 0 saturated heterocycles. The van der Waals surface area contributed by atoms with Crippen LogP contribution in [0.3, 0.4) is 0 Å². The molecule has 1 amide bonds. The van der Waals surface area contributed by atoms with Crippen molar-refractivity contribution in [3.63, 3.8) is 0 Å². The van der Waals surface area contributed by atoms with E-state index in [1.807, 2.05) is 6.07 Å². The van der Waals surface area contributed by atoms with Gasteiger partial charge >= 0.3 is 5.97 Å². The Balaban J connectivity index is 3.73. The van der Waals surface area contributed by atoms with Gasteiger partial charge in [-0.2, -0.15) is 5.26 Å². The molecule has 0 spiro atoms. The highest BCUT2D eigenvalue weighted by Crippen LogP contribution is 2.12. The van der Waals surface area contributed by atoms with Crippen LogP contribution in [0.15, 0.2) is 0 Å². The molecule has 0 rings (SSSR count). The quantitative estimate of drug-likeness (QED) is 0.541. The van der Waals surface area contributed by atoms with Crippen molar-refractivity contribution in [1.29, 1.82) is 5.26 Å². The van der Waals surface area contributed by atoms with Crippen molar-refractivity contribution in [2.45, 2.75) is 33.6 Å². The lowest BCUT2D eigenvalue weighted by Gasteiger charge is -2.14. The first kappa shape index (κ1) is 14.4. The molecule has 0 fully saturated rings. The molecule has 0 aliphatic heterocycles. The highest BCUT2D eigenvalue weighted by atomic mass is 16.5. The van der Waals surface area contributed by atoms with E-state index >= 15 is 0 Å². The first-order chi connectivity index (χ1) is 7.44. The normalized spacial score (nSPS) is 10.4. The lowest BCUT2D eigenvalue weighted by Crippen LogP contribution is -2.36. The molecular weight excluding hydrogens is 208 g/mol. The van der Waals surface area contributed by atoms with E-state index < -0.39 is 5.41 Å². The molecule has 0 heterocycles. The van der Waals surface area contributed by atoms with E-state index in [-0.39, 0.29) is 18.3 Å². The van der Waals surface area contributed by atoms with Gasteiger partial charge in [0.1, 0.15) is 5.41 Å². The number of hydrogen-bond donors (Lipinski definition) is 1. The molecule has 0 atom stereocenters. The van der Waals surface area contributed by atoms with E-state index in [0.717, 1.165) is 0 Å². The number of amides is 1. The van der Waals surface area contributed by atoms with Crippen LogP contribution in [0.2, 0.25) is 0 Å². The van der Waals surface area contributed by atoms with Gasteiger partial charge in [0.25, 0.3) is 0 Å². The number of nitrogens with one attached hydrogen (secondary N) is 1. The molecule has 0 unspecified atom stereocenters. The minimum atomic E-state index is -1.02. The standard InChI is InChI=1S/C11H18N2O3/c1-4-16-9(14)6-5-7-13-10(15)11(2,3)8-12/h4-7H2,1-3H3,(H,13,15). The van der Waals surface area contributed by atoms with Crippen LogP contribution < -0.4 is 5.32 Å². The molecule has 0 aromatic heterocycles. The second-order valence-electron chi connectivity index (χ2n) is 3.90. The molecule has 0 saturated carbocycles. The second kappa shape index (κ2) is 6.83. The minimum absolute atomic E-state index is 0.267. The fourth-order valence-corrected chi connectivity index (χ4v) is 0.940. The van der Waals surface area contributed by atoms with Crippen LogP contribution >= 0.6 is 0 Å². The van der Waals surface area contributed by atoms with Gasteiger partial charge in [0.2, 0.25) is 5.91 Å². The molecule has 5 nitrogen and oxygen atoms in total. The van der Waals surface area contributed by atoms with Gasteiger partial charge < -0.3 is 10.1 Å². The number of ether oxygens (including phenoxy) is 1. The second-order valence-corrected chi connectivity index (χ2v) is 3.90. The van der Waals surface area contributed by atoms with Gasteiger partial charge in [-0.1, -0.05) is 0 Å². The van der Waals surface area contributed by atoms with E-state index in [0.29, 0.717) is 19.6 Å². The molecule has 5 heteroatoms. The van der Waals surface area contributed by atoms with Crippen molar-refractivity contribution in [2.75, 3.05) is 13.2 Å². The highest BCUT2D eigenvalue weighted by molar-refractivity contribution is 5.84. The fraction of sp³-hybridized carbons (Fsp3) is 0.727. The lowest BCUT2D eigenvalue weighted by molar-refractivity contribution is -0.143. The summed E-state index contributed by atoms with van der Waals surface area (Å²) in [5.41, 5.74) is -1.02. The Bertz CT molecular complexity index is 292. The van der Waals surface area contributed by atoms with Crippen LogP contribution in [0.25, 0.3) is 0 Å². The predicted octanol–water partition coefficient (Wildman–Crippen LogP) is 0.996. The molecule has 0 aliphatic rings. The topological polar surface area (TPSA) is 79.2 Å². The minimum Gasteiger partial charge on any atom is -0.466 e. The summed E-state index contributed by atoms with van der Waals surface area (Å²) in [7, 11) is 0. The van der Waals surface area contributed by atoms with Crippen LogP contribution in [-0.4, -0.2) is 25.0 Å². The molecule has 90 valence electrons. The van der Waals surface area contributed by atoms with Gasteiger partial charge in [0.15, 0.2) is 0 Å². The van der Waals surface area contributed by atoms with E-state index in [2.05, 4.69) is 5.32 Å². The predicted molar refractivity (Wildman–Crippen MR) is 58.3 cm³/mol. The molecule has 1 N–H and O–H groups in total. The number of carbonyl (C=O) groups excluding carboxylic acids is 2. The number of carbonyl (C=O) groups is 2. The third-order valence-corrected chi connectivity index (χ3v) is 2.00. The lowest BCUT2D eigenvalue weighted by atomic mass is 9.95. The Labute approximate surface area is 95.8 Å². The maximum atomic E-state index is 11.4. The van der Waals surface area contributed by atoms with E-state index in [1.165, 1.54) is 0 Å². The summed E-state index contributed by atoms with van der Waals surface area (Å²) in [4.78, 5) is 22.4. The number of nitriles is 1. The molecule has 0 aromatic carbocycles. The zero-order chi connectivity index (χ0) is 12.6. The average Bonchev–Trinajstić information content (AvgIpc) is 2.24. The Morgan fingerprint density at radius 2 is 2.06 bits per heavy atom. The van der Waals surface area contributed by atoms with E-state index in [4.69, 9.17) is 10.00 Å². The smallest absolute Gasteiger partial charge is 0.305 e. The Morgan fingerprint density at radius 3 is 2.56 bits per heavy atom. The van der Waals surface area contributed by atoms with E-state index in [9.17, 15) is 9.59 Å². The third-order valence-electron chi connectivity index (χ3n) is 2.00. The number of hydrogen-bond acceptors (Lipinski definition) is 4. The van der Waals surface area contributed by atoms with Gasteiger partial charge in [0, 0.05) is 13.0 Å². The maximum absolute atomic E-state index is 11.4. The SMILES string of the molecule is CCOC(=O)CCCNC(=O)C(C)(C)C#N. The number of esters is 1. The first-order valence-corrected chi connectivity index (χ1v) is 5.29. The van der Waals surface area contributed by atoms with Gasteiger partial charge in [-0.25, -0.2) is 0 Å². The highest BCUT2D eigenvalue weighted by Gasteiger charge is 2.26. The maximum Gasteiger partial charge on any atom is 0.305 e. The first-order valence-electron chi connectivity index (χ1n) is 5.29. The molecule has 0 aromatic rings. The Morgan fingerprint density at radius 1 is 1.44 bits per heavy atom. The Kier molecular flexibility index (Phi) is 6.16. The largest absolute Gasteiger partial charge is 0.466 e. The molecule has 0 bridgehead atoms. The number of nitrogens with zero attached hydrogens (tertiary/aromatic N) is 1. The summed E-state index contributed by atoms with van der Waals surface area (Å²) in [6.07, 6.45) is 0.799. The summed E-state index contributed by atoms with van der Waals surface area (Å²) >= 11 is 0. The van der Waals surface area contributed by atoms with Crippen molar-refractivity contribution in [1.82, 2.24) is 5.32 Å². The summed E-state index contributed by atoms with van der Waals surface area (Å²) in [6, 6.07) is 1.91. The van der Waals surface area contributed by atoms with Crippen molar-refractivity contribution < 1.29 is 14.3 Å². The van der Waals surface area contributed by atoms with Gasteiger partial charge in [-0.3, -0.25) is 9.59 Å². The van der Waals surface area contributed by atoms with E-state index in [1.54, 1.807) is 20.8 Å². The molecular formula is C11H18N2O3. The summed E-state index contributed by atoms with van der Waals surface area (Å²) in [6.45, 7) is 5.59. The molecule has 16 heavy (non-hydrogen) atoms. The third kappa shape index (κ3) is 5.35. The zero-order valence-electron chi connectivity index (χ0n) is 10.0.